The topological polar surface area (TPSA) is 35.2 Å². The van der Waals surface area contributed by atoms with E-state index in [-0.39, 0.29) is 11.9 Å². The molecular formula is C15H16FNO. The van der Waals surface area contributed by atoms with Crippen molar-refractivity contribution in [2.24, 2.45) is 5.73 Å². The lowest BCUT2D eigenvalue weighted by molar-refractivity contribution is 0.290. The van der Waals surface area contributed by atoms with E-state index in [1.54, 1.807) is 12.1 Å². The van der Waals surface area contributed by atoms with E-state index >= 15 is 0 Å². The summed E-state index contributed by atoms with van der Waals surface area (Å²) < 4.78 is 18.2. The number of hydrogen-bond donors (Lipinski definition) is 1. The van der Waals surface area contributed by atoms with E-state index in [0.717, 1.165) is 5.56 Å². The zero-order chi connectivity index (χ0) is 13.0. The van der Waals surface area contributed by atoms with Gasteiger partial charge in [0.15, 0.2) is 0 Å². The van der Waals surface area contributed by atoms with Crippen molar-refractivity contribution < 1.29 is 9.13 Å². The smallest absolute Gasteiger partial charge is 0.123 e. The Bertz CT molecular complexity index is 493. The molecule has 2 rings (SSSR count). The van der Waals surface area contributed by atoms with Crippen LogP contribution in [0.4, 0.5) is 4.39 Å². The van der Waals surface area contributed by atoms with Gasteiger partial charge in [0.1, 0.15) is 18.2 Å². The maximum atomic E-state index is 12.7. The van der Waals surface area contributed by atoms with Gasteiger partial charge in [-0.1, -0.05) is 29.8 Å². The highest BCUT2D eigenvalue weighted by Crippen LogP contribution is 2.15. The average Bonchev–Trinajstić information content (AvgIpc) is 2.38. The van der Waals surface area contributed by atoms with Gasteiger partial charge in [0.25, 0.3) is 0 Å². The van der Waals surface area contributed by atoms with Crippen LogP contribution in [-0.2, 0) is 0 Å². The van der Waals surface area contributed by atoms with Crippen LogP contribution in [0.3, 0.4) is 0 Å². The second-order valence-electron chi connectivity index (χ2n) is 4.28. The minimum Gasteiger partial charge on any atom is -0.492 e. The van der Waals surface area contributed by atoms with Gasteiger partial charge in [-0.3, -0.25) is 0 Å². The maximum absolute atomic E-state index is 12.7. The Labute approximate surface area is 106 Å². The molecule has 0 heterocycles. The van der Waals surface area contributed by atoms with Crippen LogP contribution in [0.15, 0.2) is 48.5 Å². The Hall–Kier alpha value is -1.87. The first-order chi connectivity index (χ1) is 8.65. The minimum atomic E-state index is -0.273. The summed E-state index contributed by atoms with van der Waals surface area (Å²) in [6.45, 7) is 2.40. The summed E-state index contributed by atoms with van der Waals surface area (Å²) in [7, 11) is 0. The molecule has 0 saturated carbocycles. The third-order valence-electron chi connectivity index (χ3n) is 2.75. The Balaban J connectivity index is 1.93. The van der Waals surface area contributed by atoms with E-state index < -0.39 is 0 Å². The van der Waals surface area contributed by atoms with E-state index in [2.05, 4.69) is 0 Å². The van der Waals surface area contributed by atoms with Gasteiger partial charge in [-0.15, -0.1) is 0 Å². The number of hydrogen-bond acceptors (Lipinski definition) is 2. The molecule has 2 N–H and O–H groups in total. The molecule has 0 bridgehead atoms. The first-order valence-corrected chi connectivity index (χ1v) is 5.85. The van der Waals surface area contributed by atoms with Crippen LogP contribution in [-0.4, -0.2) is 6.61 Å². The van der Waals surface area contributed by atoms with Gasteiger partial charge < -0.3 is 10.5 Å². The normalized spacial score (nSPS) is 12.2. The van der Waals surface area contributed by atoms with E-state index in [1.165, 1.54) is 17.7 Å². The van der Waals surface area contributed by atoms with Gasteiger partial charge in [0.05, 0.1) is 6.04 Å². The maximum Gasteiger partial charge on any atom is 0.123 e. The van der Waals surface area contributed by atoms with Crippen molar-refractivity contribution >= 4 is 0 Å². The summed E-state index contributed by atoms with van der Waals surface area (Å²) in [4.78, 5) is 0. The number of ether oxygens (including phenoxy) is 1. The largest absolute Gasteiger partial charge is 0.492 e. The fraction of sp³-hybridized carbons (Fsp3) is 0.200. The summed E-state index contributed by atoms with van der Waals surface area (Å²) >= 11 is 0. The Morgan fingerprint density at radius 1 is 1.06 bits per heavy atom. The van der Waals surface area contributed by atoms with Crippen molar-refractivity contribution in [3.8, 4) is 5.75 Å². The SMILES string of the molecule is Cc1ccc(C(N)COc2ccc(F)cc2)cc1. The average molecular weight is 245 g/mol. The van der Waals surface area contributed by atoms with E-state index in [1.807, 2.05) is 31.2 Å². The van der Waals surface area contributed by atoms with Crippen LogP contribution in [0.2, 0.25) is 0 Å². The van der Waals surface area contributed by atoms with Crippen LogP contribution in [0.25, 0.3) is 0 Å². The van der Waals surface area contributed by atoms with Gasteiger partial charge in [-0.05, 0) is 36.8 Å². The van der Waals surface area contributed by atoms with Crippen molar-refractivity contribution in [2.75, 3.05) is 6.61 Å². The molecule has 0 saturated heterocycles. The predicted molar refractivity (Wildman–Crippen MR) is 70.0 cm³/mol. The number of benzene rings is 2. The van der Waals surface area contributed by atoms with Gasteiger partial charge in [0, 0.05) is 0 Å². The molecule has 1 unspecified atom stereocenters. The van der Waals surface area contributed by atoms with Crippen LogP contribution < -0.4 is 10.5 Å². The molecule has 0 aliphatic carbocycles. The fourth-order valence-electron chi connectivity index (χ4n) is 1.63. The minimum absolute atomic E-state index is 0.185. The van der Waals surface area contributed by atoms with Crippen molar-refractivity contribution in [1.82, 2.24) is 0 Å². The molecule has 18 heavy (non-hydrogen) atoms. The van der Waals surface area contributed by atoms with E-state index in [9.17, 15) is 4.39 Å². The third-order valence-corrected chi connectivity index (χ3v) is 2.75. The highest BCUT2D eigenvalue weighted by atomic mass is 19.1. The van der Waals surface area contributed by atoms with Crippen LogP contribution in [0.1, 0.15) is 17.2 Å². The van der Waals surface area contributed by atoms with Crippen molar-refractivity contribution in [1.29, 1.82) is 0 Å². The molecule has 0 aliphatic rings. The molecule has 0 aliphatic heterocycles. The van der Waals surface area contributed by atoms with Crippen molar-refractivity contribution in [2.45, 2.75) is 13.0 Å². The highest BCUT2D eigenvalue weighted by molar-refractivity contribution is 5.25. The Morgan fingerprint density at radius 3 is 2.28 bits per heavy atom. The standard InChI is InChI=1S/C15H16FNO/c1-11-2-4-12(5-3-11)15(17)10-18-14-8-6-13(16)7-9-14/h2-9,15H,10,17H2,1H3. The van der Waals surface area contributed by atoms with Gasteiger partial charge in [-0.25, -0.2) is 4.39 Å². The summed E-state index contributed by atoms with van der Waals surface area (Å²) in [5.74, 6) is 0.351. The molecule has 0 radical (unpaired) electrons. The summed E-state index contributed by atoms with van der Waals surface area (Å²) in [5, 5.41) is 0. The second-order valence-corrected chi connectivity index (χ2v) is 4.28. The Kier molecular flexibility index (Phi) is 3.95. The molecule has 0 amide bonds. The lowest BCUT2D eigenvalue weighted by atomic mass is 10.1. The molecule has 0 spiro atoms. The summed E-state index contributed by atoms with van der Waals surface area (Å²) in [5.41, 5.74) is 8.25. The second kappa shape index (κ2) is 5.65. The number of nitrogens with two attached hydrogens (primary N) is 1. The first kappa shape index (κ1) is 12.6. The highest BCUT2D eigenvalue weighted by Gasteiger charge is 2.06. The fourth-order valence-corrected chi connectivity index (χ4v) is 1.63. The molecule has 2 aromatic rings. The molecular weight excluding hydrogens is 229 g/mol. The first-order valence-electron chi connectivity index (χ1n) is 5.85. The van der Waals surface area contributed by atoms with Crippen molar-refractivity contribution in [3.63, 3.8) is 0 Å². The zero-order valence-electron chi connectivity index (χ0n) is 10.3. The Morgan fingerprint density at radius 2 is 1.67 bits per heavy atom. The van der Waals surface area contributed by atoms with E-state index in [4.69, 9.17) is 10.5 Å². The lowest BCUT2D eigenvalue weighted by Gasteiger charge is -2.13. The molecule has 0 fully saturated rings. The predicted octanol–water partition coefficient (Wildman–Crippen LogP) is 3.21. The molecule has 2 nitrogen and oxygen atoms in total. The summed E-state index contributed by atoms with van der Waals surface area (Å²) in [6.07, 6.45) is 0. The van der Waals surface area contributed by atoms with E-state index in [0.29, 0.717) is 12.4 Å². The summed E-state index contributed by atoms with van der Waals surface area (Å²) in [6, 6.07) is 13.8. The monoisotopic (exact) mass is 245 g/mol. The van der Waals surface area contributed by atoms with Crippen molar-refractivity contribution in [3.05, 3.63) is 65.5 Å². The quantitative estimate of drug-likeness (QED) is 0.897. The van der Waals surface area contributed by atoms with Crippen LogP contribution in [0, 0.1) is 12.7 Å². The lowest BCUT2D eigenvalue weighted by Crippen LogP contribution is -2.18. The number of aryl methyl sites for hydroxylation is 1. The molecule has 0 aromatic heterocycles. The third kappa shape index (κ3) is 3.31. The number of halogens is 1. The van der Waals surface area contributed by atoms with Gasteiger partial charge in [-0.2, -0.15) is 0 Å². The molecule has 3 heteroatoms. The van der Waals surface area contributed by atoms with Crippen LogP contribution in [0.5, 0.6) is 5.75 Å². The zero-order valence-corrected chi connectivity index (χ0v) is 10.3. The molecule has 2 aromatic carbocycles. The van der Waals surface area contributed by atoms with Gasteiger partial charge in [0.2, 0.25) is 0 Å². The molecule has 94 valence electrons. The van der Waals surface area contributed by atoms with Crippen LogP contribution >= 0.6 is 0 Å². The number of rotatable bonds is 4. The van der Waals surface area contributed by atoms with Gasteiger partial charge >= 0.3 is 0 Å². The molecule has 1 atom stereocenters.